The monoisotopic (exact) mass is 1850 g/mol. The Bertz CT molecular complexity index is 6150. The number of aliphatic hydroxyl groups excluding tert-OH is 1. The van der Waals surface area contributed by atoms with Crippen molar-refractivity contribution < 1.29 is 77.5 Å². The molecular weight excluding hydrogens is 1750 g/mol. The molecule has 4 fully saturated rings. The molecule has 0 aliphatic carbocycles. The molecule has 684 valence electrons. The van der Waals surface area contributed by atoms with Crippen molar-refractivity contribution in [3.05, 3.63) is 266 Å². The van der Waals surface area contributed by atoms with Crippen LogP contribution in [0.2, 0.25) is 19.6 Å². The summed E-state index contributed by atoms with van der Waals surface area (Å²) in [6.07, 6.45) is 8.07. The first-order valence-corrected chi connectivity index (χ1v) is 52.0. The fourth-order valence-corrected chi connectivity index (χ4v) is 19.8. The molecule has 0 amide bonds. The van der Waals surface area contributed by atoms with Gasteiger partial charge in [-0.3, -0.25) is 64.9 Å². The van der Waals surface area contributed by atoms with Gasteiger partial charge in [0.15, 0.2) is 6.29 Å². The molecule has 4 aliphatic rings. The molecule has 10 aromatic rings. The van der Waals surface area contributed by atoms with Gasteiger partial charge in [-0.25, -0.2) is 48.6 Å². The Hall–Kier alpha value is -11.2. The van der Waals surface area contributed by atoms with Crippen molar-refractivity contribution >= 4 is 122 Å². The summed E-state index contributed by atoms with van der Waals surface area (Å²) < 4.78 is 115. The van der Waals surface area contributed by atoms with Crippen LogP contribution in [0.1, 0.15) is 66.5 Å². The number of rotatable bonds is 27. The van der Waals surface area contributed by atoms with E-state index in [-0.39, 0.29) is 40.0 Å². The summed E-state index contributed by atoms with van der Waals surface area (Å²) in [7, 11) is -9.59. The van der Waals surface area contributed by atoms with Crippen molar-refractivity contribution in [1.82, 2.24) is 51.8 Å². The van der Waals surface area contributed by atoms with Crippen LogP contribution in [0.4, 0.5) is 22.7 Å². The number of carbonyl (C=O) groups is 1. The highest BCUT2D eigenvalue weighted by atomic mass is 32.2. The lowest BCUT2D eigenvalue weighted by atomic mass is 9.98. The molecule has 14 rings (SSSR count). The van der Waals surface area contributed by atoms with E-state index >= 15 is 0 Å². The predicted molar refractivity (Wildman–Crippen MR) is 494 cm³/mol. The maximum Gasteiger partial charge on any atom is 0.276 e. The highest BCUT2D eigenvalue weighted by Gasteiger charge is 2.31. The third kappa shape index (κ3) is 28.4. The number of benzene rings is 7. The van der Waals surface area contributed by atoms with Crippen LogP contribution in [-0.2, 0) is 78.7 Å². The van der Waals surface area contributed by atoms with Gasteiger partial charge in [-0.05, 0) is 95.0 Å². The predicted octanol–water partition coefficient (Wildman–Crippen LogP) is 10.7. The molecule has 7 aromatic carbocycles. The first kappa shape index (κ1) is 99.0. The number of ether oxygens (including phenoxy) is 3. The van der Waals surface area contributed by atoms with E-state index in [2.05, 4.69) is 54.2 Å². The van der Waals surface area contributed by atoms with E-state index < -0.39 is 69.0 Å². The minimum Gasteiger partial charge on any atom is -0.481 e. The molecule has 4 aliphatic heterocycles. The van der Waals surface area contributed by atoms with E-state index in [0.717, 1.165) is 78.4 Å². The van der Waals surface area contributed by atoms with Crippen LogP contribution < -0.4 is 14.2 Å². The highest BCUT2D eigenvalue weighted by Crippen LogP contribution is 2.35. The maximum absolute atomic E-state index is 11.7. The summed E-state index contributed by atoms with van der Waals surface area (Å²) in [5.41, 5.74) is 9.76. The number of non-ortho nitro benzene ring substituents is 1. The number of nitro groups is 4. The van der Waals surface area contributed by atoms with Gasteiger partial charge in [0.2, 0.25) is 57.7 Å². The molecule has 0 saturated carbocycles. The number of para-hydroxylation sites is 3. The van der Waals surface area contributed by atoms with Crippen LogP contribution in [0, 0.1) is 40.5 Å². The summed E-state index contributed by atoms with van der Waals surface area (Å²) in [6, 6.07) is 50.8. The number of sulfonamides is 4. The molecule has 41 heteroatoms. The van der Waals surface area contributed by atoms with Gasteiger partial charge in [-0.15, -0.1) is 0 Å². The Balaban J connectivity index is 0.000000172. The highest BCUT2D eigenvalue weighted by molar-refractivity contribution is 7.89. The van der Waals surface area contributed by atoms with E-state index in [1.807, 2.05) is 91.0 Å². The van der Waals surface area contributed by atoms with Crippen LogP contribution in [0.25, 0.3) is 44.9 Å². The van der Waals surface area contributed by atoms with E-state index in [9.17, 15) is 84.0 Å². The molecule has 4 saturated heterocycles. The fourth-order valence-electron chi connectivity index (χ4n) is 15.1. The fraction of sp³-hybridized carbons (Fsp3) is 0.379. The minimum atomic E-state index is -3.21. The largest absolute Gasteiger partial charge is 0.481 e. The molecule has 1 N–H and O–H groups in total. The maximum atomic E-state index is 11.7. The number of pyridine rings is 3. The topological polar surface area (TPSA) is 439 Å². The number of aromatic nitrogens is 3. The Morgan fingerprint density at radius 2 is 0.711 bits per heavy atom. The molecule has 1 unspecified atom stereocenters. The number of aldehydes is 1. The average Bonchev–Trinajstić information content (AvgIpc) is 0.845. The Labute approximate surface area is 745 Å². The minimum absolute atomic E-state index is 0.00890. The van der Waals surface area contributed by atoms with Gasteiger partial charge in [0.1, 0.15) is 0 Å². The zero-order valence-corrected chi connectivity index (χ0v) is 77.3. The van der Waals surface area contributed by atoms with Crippen molar-refractivity contribution in [3.8, 4) is 17.6 Å². The van der Waals surface area contributed by atoms with Gasteiger partial charge < -0.3 is 19.3 Å². The zero-order valence-electron chi connectivity index (χ0n) is 73.0. The van der Waals surface area contributed by atoms with Gasteiger partial charge in [0.05, 0.1) is 99.8 Å². The number of piperazine rings is 4. The SMILES string of the molecule is COc1nc2ccccc2cc1/C=C/c1cc(CN2CCN(S(C)(=O)=O)CC2)ccc1[N+](=O)[O-].COc1nc2ccccc2cc1C(O)Cc1cc(CN2CCN(S(C)(=O)=O)CC2)ccc1[N+](=O)[O-].COc1nc2ccccc2cc1C=O.CS(=O)(=O)N1CCN(Cc2ccc([N+](=O)[O-])cc2)CC1.C[Si](C)(C)Cc1cc(CN2CCN(S(C)(=O)=O)CC2)ccc1[N+](=O)[O-]. The van der Waals surface area contributed by atoms with Crippen LogP contribution in [0.3, 0.4) is 0 Å². The number of nitro benzene ring substituents is 4. The summed E-state index contributed by atoms with van der Waals surface area (Å²) in [6.45, 7) is 17.8. The molecule has 36 nitrogen and oxygen atoms in total. The summed E-state index contributed by atoms with van der Waals surface area (Å²) >= 11 is 0. The standard InChI is InChI=1S/C24H28N4O6S.C24H26N4O5S.C16H27N3O4SSi.C12H17N3O4S.C11H9NO2/c1-34-24-20(14-18-5-3-4-6-21(18)25-24)23(29)15-19-13-17(7-8-22(19)28(30)31)16-26-9-11-27(12-10-26)35(2,32)33;1-33-24-21(16-19-5-3-4-6-22(19)25-24)9-8-20-15-18(7-10-23(20)28(29)30)17-26-11-13-27(14-12-26)34(2,31)32;1-24(22,23)18-9-7-17(8-10-18)12-14-5-6-16(19(20)21)15(11-14)13-25(2,3)4;1-20(18,19)14-8-6-13(7-9-14)10-11-2-4-12(5-3-11)15(16)17;1-14-11-9(7-13)6-8-4-2-3-5-10(8)12-11/h3-8,13-14,23,29H,9-12,15-16H2,1-2H3;3-10,15-16H,11-14,17H2,1-2H3;5-6,11H,7-10,12-13H2,1-4H3;2-5H,6-10H2,1H3;2-7H,1H3/b;9-8+;;;. The van der Waals surface area contributed by atoms with E-state index in [1.165, 1.54) is 80.7 Å². The smallest absolute Gasteiger partial charge is 0.276 e. The lowest BCUT2D eigenvalue weighted by Crippen LogP contribution is -2.47. The second-order valence-corrected chi connectivity index (χ2v) is 45.9. The number of hydrogen-bond acceptors (Lipinski definition) is 28. The van der Waals surface area contributed by atoms with Crippen LogP contribution >= 0.6 is 0 Å². The van der Waals surface area contributed by atoms with Crippen LogP contribution in [0.15, 0.2) is 170 Å². The lowest BCUT2D eigenvalue weighted by Gasteiger charge is -2.33. The van der Waals surface area contributed by atoms with Gasteiger partial charge >= 0.3 is 0 Å². The van der Waals surface area contributed by atoms with Gasteiger partial charge in [-0.1, -0.05) is 105 Å². The average molecular weight is 1860 g/mol. The second-order valence-electron chi connectivity index (χ2n) is 32.5. The molecule has 3 aromatic heterocycles. The number of methoxy groups -OCH3 is 3. The molecule has 0 spiro atoms. The van der Waals surface area contributed by atoms with E-state index in [4.69, 9.17) is 14.2 Å². The summed E-state index contributed by atoms with van der Waals surface area (Å²) in [4.78, 5) is 76.1. The molecule has 7 heterocycles. The molecule has 0 radical (unpaired) electrons. The van der Waals surface area contributed by atoms with Crippen molar-refractivity contribution in [1.29, 1.82) is 0 Å². The van der Waals surface area contributed by atoms with Crippen molar-refractivity contribution in [2.24, 2.45) is 0 Å². The zero-order chi connectivity index (χ0) is 93.0. The second kappa shape index (κ2) is 44.2. The van der Waals surface area contributed by atoms with E-state index in [1.54, 1.807) is 73.9 Å². The Kier molecular flexibility index (Phi) is 34.2. The lowest BCUT2D eigenvalue weighted by molar-refractivity contribution is -0.385. The first-order valence-electron chi connectivity index (χ1n) is 40.9. The molecule has 0 bridgehead atoms. The Morgan fingerprint density at radius 3 is 1.08 bits per heavy atom. The molecule has 1 atom stereocenters. The third-order valence-corrected chi connectivity index (χ3v) is 28.4. The quantitative estimate of drug-likeness (QED) is 0.0216. The molecule has 128 heavy (non-hydrogen) atoms. The number of nitrogens with zero attached hydrogens (tertiary/aromatic N) is 15. The number of hydrogen-bond donors (Lipinski definition) is 1. The normalized spacial score (nSPS) is 16.0. The van der Waals surface area contributed by atoms with E-state index in [0.29, 0.717) is 165 Å². The van der Waals surface area contributed by atoms with Gasteiger partial charge in [0.25, 0.3) is 22.7 Å². The molecular formula is C87H107N15O21S4Si. The van der Waals surface area contributed by atoms with Crippen molar-refractivity contribution in [2.75, 3.05) is 151 Å². The number of aliphatic hydroxyl groups is 1. The number of carbonyl (C=O) groups excluding carboxylic acids is 1. The van der Waals surface area contributed by atoms with Crippen molar-refractivity contribution in [2.45, 2.75) is 64.4 Å². The summed E-state index contributed by atoms with van der Waals surface area (Å²) in [5, 5.41) is 58.9. The van der Waals surface area contributed by atoms with Gasteiger partial charge in [0, 0.05) is 214 Å². The Morgan fingerprint density at radius 1 is 0.391 bits per heavy atom. The third-order valence-electron chi connectivity index (χ3n) is 21.7. The van der Waals surface area contributed by atoms with Gasteiger partial charge in [-0.2, -0.15) is 17.2 Å². The van der Waals surface area contributed by atoms with Crippen LogP contribution in [-0.4, -0.2) is 276 Å². The first-order chi connectivity index (χ1) is 60.6. The number of fused-ring (bicyclic) bond motifs is 3. The van der Waals surface area contributed by atoms with Crippen LogP contribution in [0.5, 0.6) is 17.6 Å². The summed E-state index contributed by atoms with van der Waals surface area (Å²) in [5.74, 6) is 1.09. The van der Waals surface area contributed by atoms with Crippen molar-refractivity contribution in [3.63, 3.8) is 0 Å².